The number of urea groups is 1. The minimum atomic E-state index is -5.08. The number of nitrogens with zero attached hydrogens (tertiary/aromatic N) is 1. The molecule has 6 rings (SSSR count). The lowest BCUT2D eigenvalue weighted by atomic mass is 9.85. The Kier molecular flexibility index (Phi) is 7.56. The number of rotatable bonds is 4. The third-order valence-electron chi connectivity index (χ3n) is 8.67. The minimum Gasteiger partial charge on any atom is -0.334 e. The number of carbonyl (C=O) groups excluding carboxylic acids is 2. The highest BCUT2D eigenvalue weighted by atomic mass is 19.4. The predicted molar refractivity (Wildman–Crippen MR) is 166 cm³/mol. The van der Waals surface area contributed by atoms with E-state index in [0.29, 0.717) is 31.5 Å². The van der Waals surface area contributed by atoms with E-state index in [4.69, 9.17) is 0 Å². The number of carbonyl (C=O) groups is 2. The molecule has 46 heavy (non-hydrogen) atoms. The van der Waals surface area contributed by atoms with Crippen LogP contribution in [0.1, 0.15) is 56.3 Å². The van der Waals surface area contributed by atoms with Crippen molar-refractivity contribution in [1.29, 1.82) is 0 Å². The number of likely N-dealkylation sites (tertiary alicyclic amines) is 1. The molecule has 1 heterocycles. The van der Waals surface area contributed by atoms with Crippen LogP contribution in [-0.2, 0) is 17.1 Å². The Morgan fingerprint density at radius 3 is 1.98 bits per heavy atom. The molecule has 0 unspecified atom stereocenters. The second-order valence-electron chi connectivity index (χ2n) is 12.9. The maximum Gasteiger partial charge on any atom is 0.416 e. The number of anilines is 1. The van der Waals surface area contributed by atoms with Gasteiger partial charge in [0.15, 0.2) is 0 Å². The molecule has 1 aliphatic heterocycles. The Balaban J connectivity index is 1.32. The number of benzene rings is 5. The summed E-state index contributed by atoms with van der Waals surface area (Å²) in [6, 6.07) is 16.7. The summed E-state index contributed by atoms with van der Waals surface area (Å²) in [5.74, 6) is -0.393. The largest absolute Gasteiger partial charge is 0.416 e. The molecule has 0 radical (unpaired) electrons. The topological polar surface area (TPSA) is 61.4 Å². The molecule has 2 N–H and O–H groups in total. The smallest absolute Gasteiger partial charge is 0.334 e. The van der Waals surface area contributed by atoms with E-state index in [9.17, 15) is 35.9 Å². The molecule has 0 aliphatic carbocycles. The third-order valence-corrected chi connectivity index (χ3v) is 8.67. The van der Waals surface area contributed by atoms with Crippen LogP contribution in [0.4, 0.5) is 36.8 Å². The fourth-order valence-electron chi connectivity index (χ4n) is 6.56. The van der Waals surface area contributed by atoms with E-state index < -0.39 is 52.6 Å². The van der Waals surface area contributed by atoms with Gasteiger partial charge >= 0.3 is 18.4 Å². The second-order valence-corrected chi connectivity index (χ2v) is 12.9. The maximum atomic E-state index is 14.2. The lowest BCUT2D eigenvalue weighted by molar-refractivity contribution is -0.143. The highest BCUT2D eigenvalue weighted by molar-refractivity contribution is 6.23. The Bertz CT molecular complexity index is 1930. The summed E-state index contributed by atoms with van der Waals surface area (Å²) in [6.07, 6.45) is -8.76. The lowest BCUT2D eigenvalue weighted by Crippen LogP contribution is -2.55. The van der Waals surface area contributed by atoms with Crippen molar-refractivity contribution in [1.82, 2.24) is 10.2 Å². The summed E-state index contributed by atoms with van der Waals surface area (Å²) >= 11 is 0. The molecule has 5 aromatic carbocycles. The summed E-state index contributed by atoms with van der Waals surface area (Å²) < 4.78 is 80.2. The van der Waals surface area contributed by atoms with Crippen LogP contribution in [-0.4, -0.2) is 29.4 Å². The minimum absolute atomic E-state index is 0.0165. The van der Waals surface area contributed by atoms with E-state index >= 15 is 0 Å². The van der Waals surface area contributed by atoms with E-state index in [0.717, 1.165) is 37.9 Å². The van der Waals surface area contributed by atoms with Crippen LogP contribution < -0.4 is 10.6 Å². The number of alkyl halides is 6. The first kappa shape index (κ1) is 31.4. The van der Waals surface area contributed by atoms with Gasteiger partial charge in [-0.15, -0.1) is 0 Å². The van der Waals surface area contributed by atoms with Crippen molar-refractivity contribution in [3.63, 3.8) is 0 Å². The number of amides is 3. The summed E-state index contributed by atoms with van der Waals surface area (Å²) in [6.45, 7) is 5.60. The van der Waals surface area contributed by atoms with Crippen LogP contribution in [0.5, 0.6) is 0 Å². The summed E-state index contributed by atoms with van der Waals surface area (Å²) in [5.41, 5.74) is -3.70. The van der Waals surface area contributed by atoms with E-state index in [1.54, 1.807) is 25.7 Å². The molecule has 0 saturated carbocycles. The highest BCUT2D eigenvalue weighted by Crippen LogP contribution is 2.43. The molecule has 1 fully saturated rings. The van der Waals surface area contributed by atoms with Gasteiger partial charge in [-0.05, 0) is 80.4 Å². The second kappa shape index (κ2) is 11.1. The average Bonchev–Trinajstić information content (AvgIpc) is 3.46. The van der Waals surface area contributed by atoms with Crippen molar-refractivity contribution in [2.45, 2.75) is 58.0 Å². The number of hydrogen-bond donors (Lipinski definition) is 2. The van der Waals surface area contributed by atoms with E-state index in [-0.39, 0.29) is 12.1 Å². The Hall–Kier alpha value is -4.54. The van der Waals surface area contributed by atoms with Gasteiger partial charge in [-0.3, -0.25) is 4.79 Å². The summed E-state index contributed by atoms with van der Waals surface area (Å²) in [4.78, 5) is 29.1. The summed E-state index contributed by atoms with van der Waals surface area (Å²) in [5, 5.41) is 11.1. The van der Waals surface area contributed by atoms with Crippen molar-refractivity contribution in [3.05, 3.63) is 89.5 Å². The van der Waals surface area contributed by atoms with Gasteiger partial charge in [0.05, 0.1) is 17.2 Å². The quantitative estimate of drug-likeness (QED) is 0.152. The van der Waals surface area contributed by atoms with E-state index in [1.165, 1.54) is 0 Å². The van der Waals surface area contributed by atoms with Gasteiger partial charge in [0.25, 0.3) is 0 Å². The van der Waals surface area contributed by atoms with Crippen molar-refractivity contribution in [2.75, 3.05) is 11.9 Å². The first-order valence-corrected chi connectivity index (χ1v) is 14.9. The van der Waals surface area contributed by atoms with E-state index in [1.807, 2.05) is 24.3 Å². The fourth-order valence-corrected chi connectivity index (χ4v) is 6.56. The van der Waals surface area contributed by atoms with Gasteiger partial charge in [-0.25, -0.2) is 4.79 Å². The first-order chi connectivity index (χ1) is 21.5. The molecule has 0 aromatic heterocycles. The van der Waals surface area contributed by atoms with Crippen LogP contribution >= 0.6 is 0 Å². The Morgan fingerprint density at radius 2 is 1.37 bits per heavy atom. The van der Waals surface area contributed by atoms with Crippen molar-refractivity contribution in [2.24, 2.45) is 5.41 Å². The molecular weight excluding hydrogens is 608 g/mol. The molecule has 2 atom stereocenters. The zero-order chi connectivity index (χ0) is 33.2. The van der Waals surface area contributed by atoms with Crippen LogP contribution in [0, 0.1) is 5.41 Å². The molecule has 0 bridgehead atoms. The third kappa shape index (κ3) is 5.78. The van der Waals surface area contributed by atoms with Crippen LogP contribution in [0.15, 0.2) is 72.8 Å². The van der Waals surface area contributed by atoms with Crippen molar-refractivity contribution < 1.29 is 35.9 Å². The Labute approximate surface area is 260 Å². The zero-order valence-corrected chi connectivity index (χ0v) is 25.2. The predicted octanol–water partition coefficient (Wildman–Crippen LogP) is 9.52. The first-order valence-electron chi connectivity index (χ1n) is 14.9. The SMILES string of the molecule is CC(C)(C)[C@H](NC(=O)Nc1cc(C(F)(F)F)cc(C(F)(F)F)c1)C(=O)N1CCC[C@@H]1c1cc2cccc3ccc4cccc1c4c32. The molecule has 11 heteroatoms. The monoisotopic (exact) mass is 639 g/mol. The van der Waals surface area contributed by atoms with Gasteiger partial charge in [0.2, 0.25) is 5.91 Å². The van der Waals surface area contributed by atoms with Crippen LogP contribution in [0.25, 0.3) is 32.3 Å². The molecule has 5 aromatic rings. The van der Waals surface area contributed by atoms with Gasteiger partial charge in [-0.1, -0.05) is 69.3 Å². The molecule has 0 spiro atoms. The van der Waals surface area contributed by atoms with Gasteiger partial charge in [-0.2, -0.15) is 26.3 Å². The zero-order valence-electron chi connectivity index (χ0n) is 25.2. The fraction of sp³-hybridized carbons (Fsp3) is 0.314. The van der Waals surface area contributed by atoms with Crippen molar-refractivity contribution in [3.8, 4) is 0 Å². The maximum absolute atomic E-state index is 14.2. The lowest BCUT2D eigenvalue weighted by Gasteiger charge is -2.36. The number of nitrogens with one attached hydrogen (secondary N) is 2. The van der Waals surface area contributed by atoms with Gasteiger partial charge in [0, 0.05) is 12.2 Å². The molecule has 240 valence electrons. The van der Waals surface area contributed by atoms with Crippen LogP contribution in [0.2, 0.25) is 0 Å². The van der Waals surface area contributed by atoms with E-state index in [2.05, 4.69) is 41.0 Å². The average molecular weight is 640 g/mol. The van der Waals surface area contributed by atoms with Gasteiger partial charge in [0.1, 0.15) is 6.04 Å². The Morgan fingerprint density at radius 1 is 0.783 bits per heavy atom. The molecule has 5 nitrogen and oxygen atoms in total. The molecule has 1 saturated heterocycles. The molecule has 1 aliphatic rings. The van der Waals surface area contributed by atoms with Gasteiger partial charge < -0.3 is 15.5 Å². The van der Waals surface area contributed by atoms with Crippen molar-refractivity contribution >= 4 is 49.9 Å². The summed E-state index contributed by atoms with van der Waals surface area (Å²) in [7, 11) is 0. The van der Waals surface area contributed by atoms with Crippen LogP contribution in [0.3, 0.4) is 0 Å². The normalized spacial score (nSPS) is 16.8. The standard InChI is InChI=1S/C35H31F6N3O2/c1-33(2,3)30(43-32(46)42-24-17-22(34(36,37)38)16-23(18-24)35(39,40)41)31(45)44-14-6-11-27(44)26-15-21-9-4-7-19-12-13-20-8-5-10-25(26)29(20)28(19)21/h4-5,7-10,12-13,15-18,27,30H,6,11,14H2,1-3H3,(H2,42,43,46)/t27-,30-/m1/s1. The number of halogens is 6. The highest BCUT2D eigenvalue weighted by Gasteiger charge is 2.41. The molecular formula is C35H31F6N3O2. The number of hydrogen-bond acceptors (Lipinski definition) is 2. The molecule has 3 amide bonds.